The summed E-state index contributed by atoms with van der Waals surface area (Å²) in [5.41, 5.74) is 0. The van der Waals surface area contributed by atoms with Gasteiger partial charge in [0, 0.05) is 25.4 Å². The Bertz CT molecular complexity index is 233. The van der Waals surface area contributed by atoms with E-state index in [-0.39, 0.29) is 5.24 Å². The lowest BCUT2D eigenvalue weighted by Gasteiger charge is -1.99. The van der Waals surface area contributed by atoms with Gasteiger partial charge < -0.3 is 4.57 Å². The minimum absolute atomic E-state index is 0.249. The Labute approximate surface area is 76.4 Å². The van der Waals surface area contributed by atoms with E-state index in [1.54, 1.807) is 12.5 Å². The zero-order valence-corrected chi connectivity index (χ0v) is 7.50. The molecule has 0 unspecified atom stereocenters. The molecule has 66 valence electrons. The molecule has 0 amide bonds. The van der Waals surface area contributed by atoms with E-state index >= 15 is 0 Å². The summed E-state index contributed by atoms with van der Waals surface area (Å²) >= 11 is 5.18. The van der Waals surface area contributed by atoms with E-state index in [4.69, 9.17) is 11.6 Å². The molecule has 12 heavy (non-hydrogen) atoms. The summed E-state index contributed by atoms with van der Waals surface area (Å²) in [7, 11) is 0. The van der Waals surface area contributed by atoms with Crippen LogP contribution in [0.2, 0.25) is 0 Å². The van der Waals surface area contributed by atoms with Crippen molar-refractivity contribution in [1.82, 2.24) is 9.55 Å². The normalized spacial score (nSPS) is 10.1. The molecule has 0 atom stereocenters. The molecular formula is C8H11ClN2O. The van der Waals surface area contributed by atoms with Crippen molar-refractivity contribution in [2.45, 2.75) is 25.8 Å². The second-order valence-electron chi connectivity index (χ2n) is 2.61. The van der Waals surface area contributed by atoms with Crippen molar-refractivity contribution in [1.29, 1.82) is 0 Å². The summed E-state index contributed by atoms with van der Waals surface area (Å²) in [6.07, 6.45) is 7.70. The minimum atomic E-state index is -0.249. The standard InChI is InChI=1S/C8H11ClN2O/c9-8(12)3-1-2-5-11-6-4-10-7-11/h4,6-7H,1-3,5H2. The van der Waals surface area contributed by atoms with Gasteiger partial charge in [-0.25, -0.2) is 4.98 Å². The summed E-state index contributed by atoms with van der Waals surface area (Å²) < 4.78 is 1.98. The van der Waals surface area contributed by atoms with E-state index in [1.165, 1.54) is 0 Å². The molecule has 1 heterocycles. The maximum atomic E-state index is 10.4. The highest BCUT2D eigenvalue weighted by atomic mass is 35.5. The fourth-order valence-electron chi connectivity index (χ4n) is 0.977. The van der Waals surface area contributed by atoms with Gasteiger partial charge in [-0.3, -0.25) is 4.79 Å². The largest absolute Gasteiger partial charge is 0.337 e. The molecule has 0 aliphatic rings. The number of halogens is 1. The van der Waals surface area contributed by atoms with E-state index < -0.39 is 0 Å². The molecule has 0 spiro atoms. The quantitative estimate of drug-likeness (QED) is 0.520. The lowest BCUT2D eigenvalue weighted by atomic mass is 10.2. The van der Waals surface area contributed by atoms with Crippen LogP contribution < -0.4 is 0 Å². The van der Waals surface area contributed by atoms with Crippen LogP contribution in [0.3, 0.4) is 0 Å². The molecule has 1 rings (SSSR count). The van der Waals surface area contributed by atoms with Crippen molar-refractivity contribution < 1.29 is 4.79 Å². The molecule has 0 aliphatic heterocycles. The summed E-state index contributed by atoms with van der Waals surface area (Å²) in [6, 6.07) is 0. The molecule has 0 saturated heterocycles. The van der Waals surface area contributed by atoms with Crippen molar-refractivity contribution in [3.05, 3.63) is 18.7 Å². The Balaban J connectivity index is 2.07. The molecule has 0 saturated carbocycles. The minimum Gasteiger partial charge on any atom is -0.337 e. The average Bonchev–Trinajstić information content (AvgIpc) is 2.49. The lowest BCUT2D eigenvalue weighted by Crippen LogP contribution is -1.95. The Hall–Kier alpha value is -0.830. The molecule has 1 aromatic heterocycles. The summed E-state index contributed by atoms with van der Waals surface area (Å²) in [5.74, 6) is 0. The second-order valence-corrected chi connectivity index (χ2v) is 3.03. The fourth-order valence-corrected chi connectivity index (χ4v) is 1.11. The molecule has 3 nitrogen and oxygen atoms in total. The Morgan fingerprint density at radius 1 is 1.50 bits per heavy atom. The highest BCUT2D eigenvalue weighted by Gasteiger charge is 1.95. The van der Waals surface area contributed by atoms with Crippen LogP contribution >= 0.6 is 11.6 Å². The topological polar surface area (TPSA) is 34.9 Å². The predicted octanol–water partition coefficient (Wildman–Crippen LogP) is 1.82. The van der Waals surface area contributed by atoms with Gasteiger partial charge in [0.1, 0.15) is 0 Å². The molecule has 0 N–H and O–H groups in total. The summed E-state index contributed by atoms with van der Waals surface area (Å²) in [6.45, 7) is 0.907. The zero-order chi connectivity index (χ0) is 8.81. The first-order valence-electron chi connectivity index (χ1n) is 3.93. The van der Waals surface area contributed by atoms with E-state index in [1.807, 2.05) is 10.8 Å². The van der Waals surface area contributed by atoms with Gasteiger partial charge in [-0.05, 0) is 24.4 Å². The van der Waals surface area contributed by atoms with Crippen molar-refractivity contribution in [3.8, 4) is 0 Å². The van der Waals surface area contributed by atoms with E-state index in [9.17, 15) is 4.79 Å². The van der Waals surface area contributed by atoms with E-state index in [0.717, 1.165) is 19.4 Å². The molecule has 0 bridgehead atoms. The van der Waals surface area contributed by atoms with Crippen molar-refractivity contribution in [2.24, 2.45) is 0 Å². The van der Waals surface area contributed by atoms with Crippen LogP contribution in [0, 0.1) is 0 Å². The van der Waals surface area contributed by atoms with Gasteiger partial charge in [-0.1, -0.05) is 0 Å². The molecule has 4 heteroatoms. The van der Waals surface area contributed by atoms with Gasteiger partial charge in [0.15, 0.2) is 0 Å². The van der Waals surface area contributed by atoms with Crippen LogP contribution in [0.15, 0.2) is 18.7 Å². The van der Waals surface area contributed by atoms with Crippen molar-refractivity contribution in [3.63, 3.8) is 0 Å². The van der Waals surface area contributed by atoms with Crippen LogP contribution in [0.5, 0.6) is 0 Å². The Morgan fingerprint density at radius 2 is 2.33 bits per heavy atom. The van der Waals surface area contributed by atoms with Crippen LogP contribution in [0.4, 0.5) is 0 Å². The molecule has 0 aliphatic carbocycles. The number of hydrogen-bond donors (Lipinski definition) is 0. The van der Waals surface area contributed by atoms with Crippen LogP contribution in [-0.2, 0) is 11.3 Å². The van der Waals surface area contributed by atoms with Crippen LogP contribution in [0.25, 0.3) is 0 Å². The number of rotatable bonds is 5. The number of aromatic nitrogens is 2. The number of nitrogens with zero attached hydrogens (tertiary/aromatic N) is 2. The molecule has 0 fully saturated rings. The third-order valence-electron chi connectivity index (χ3n) is 1.60. The molecule has 0 aromatic carbocycles. The van der Waals surface area contributed by atoms with Gasteiger partial charge in [0.25, 0.3) is 0 Å². The van der Waals surface area contributed by atoms with E-state index in [2.05, 4.69) is 4.98 Å². The van der Waals surface area contributed by atoms with Crippen molar-refractivity contribution >= 4 is 16.8 Å². The number of hydrogen-bond acceptors (Lipinski definition) is 2. The van der Waals surface area contributed by atoms with Crippen molar-refractivity contribution in [2.75, 3.05) is 0 Å². The number of carbonyl (C=O) groups excluding carboxylic acids is 1. The maximum absolute atomic E-state index is 10.4. The predicted molar refractivity (Wildman–Crippen MR) is 46.9 cm³/mol. The highest BCUT2D eigenvalue weighted by Crippen LogP contribution is 2.01. The second kappa shape index (κ2) is 4.93. The summed E-state index contributed by atoms with van der Waals surface area (Å²) in [4.78, 5) is 14.3. The smallest absolute Gasteiger partial charge is 0.221 e. The van der Waals surface area contributed by atoms with Gasteiger partial charge in [0.2, 0.25) is 5.24 Å². The lowest BCUT2D eigenvalue weighted by molar-refractivity contribution is -0.111. The van der Waals surface area contributed by atoms with E-state index in [0.29, 0.717) is 6.42 Å². The first kappa shape index (κ1) is 9.26. The van der Waals surface area contributed by atoms with Crippen LogP contribution in [0.1, 0.15) is 19.3 Å². The Morgan fingerprint density at radius 3 is 2.92 bits per heavy atom. The van der Waals surface area contributed by atoms with Gasteiger partial charge in [-0.2, -0.15) is 0 Å². The monoisotopic (exact) mass is 186 g/mol. The summed E-state index contributed by atoms with van der Waals surface area (Å²) in [5, 5.41) is -0.249. The highest BCUT2D eigenvalue weighted by molar-refractivity contribution is 6.63. The SMILES string of the molecule is O=C(Cl)CCCCn1ccnc1. The number of unbranched alkanes of at least 4 members (excludes halogenated alkanes) is 1. The van der Waals surface area contributed by atoms with Gasteiger partial charge >= 0.3 is 0 Å². The third kappa shape index (κ3) is 3.53. The first-order chi connectivity index (χ1) is 5.79. The molecule has 1 aromatic rings. The number of aryl methyl sites for hydroxylation is 1. The average molecular weight is 187 g/mol. The molecular weight excluding hydrogens is 176 g/mol. The number of carbonyl (C=O) groups is 1. The zero-order valence-electron chi connectivity index (χ0n) is 6.74. The maximum Gasteiger partial charge on any atom is 0.221 e. The van der Waals surface area contributed by atoms with Gasteiger partial charge in [-0.15, -0.1) is 0 Å². The number of imidazole rings is 1. The molecule has 0 radical (unpaired) electrons. The Kier molecular flexibility index (Phi) is 3.80. The van der Waals surface area contributed by atoms with Crippen LogP contribution in [-0.4, -0.2) is 14.8 Å². The first-order valence-corrected chi connectivity index (χ1v) is 4.31. The third-order valence-corrected chi connectivity index (χ3v) is 1.79. The van der Waals surface area contributed by atoms with Gasteiger partial charge in [0.05, 0.1) is 6.33 Å². The fraction of sp³-hybridized carbons (Fsp3) is 0.500.